The molecule has 0 aliphatic rings. The van der Waals surface area contributed by atoms with E-state index in [4.69, 9.17) is 9.15 Å². The monoisotopic (exact) mass is 337 g/mol. The Morgan fingerprint density at radius 1 is 1.04 bits per heavy atom. The van der Waals surface area contributed by atoms with Crippen molar-refractivity contribution in [3.63, 3.8) is 0 Å². The molecule has 6 nitrogen and oxygen atoms in total. The summed E-state index contributed by atoms with van der Waals surface area (Å²) in [7, 11) is 1.59. The minimum atomic E-state index is -0.178. The molecule has 1 amide bonds. The van der Waals surface area contributed by atoms with Gasteiger partial charge in [0.2, 0.25) is 0 Å². The Bertz CT molecular complexity index is 762. The van der Waals surface area contributed by atoms with Gasteiger partial charge in [0.25, 0.3) is 5.91 Å². The van der Waals surface area contributed by atoms with Crippen LogP contribution in [0.2, 0.25) is 0 Å². The first-order valence-electron chi connectivity index (χ1n) is 7.91. The predicted molar refractivity (Wildman–Crippen MR) is 91.5 cm³/mol. The van der Waals surface area contributed by atoms with Crippen molar-refractivity contribution in [2.24, 2.45) is 0 Å². The van der Waals surface area contributed by atoms with Gasteiger partial charge in [-0.25, -0.2) is 0 Å². The maximum Gasteiger partial charge on any atom is 0.290 e. The van der Waals surface area contributed by atoms with Crippen LogP contribution in [-0.4, -0.2) is 27.9 Å². The summed E-state index contributed by atoms with van der Waals surface area (Å²) in [6.07, 6.45) is 6.89. The summed E-state index contributed by atoms with van der Waals surface area (Å²) in [5.74, 6) is 0.740. The Morgan fingerprint density at radius 2 is 1.84 bits per heavy atom. The van der Waals surface area contributed by atoms with Gasteiger partial charge in [-0.15, -0.1) is 0 Å². The van der Waals surface area contributed by atoms with Gasteiger partial charge in [-0.3, -0.25) is 14.8 Å². The number of furan rings is 1. The summed E-state index contributed by atoms with van der Waals surface area (Å²) in [6, 6.07) is 11.0. The van der Waals surface area contributed by atoms with Crippen LogP contribution in [-0.2, 0) is 24.4 Å². The zero-order valence-electron chi connectivity index (χ0n) is 14.0. The number of methoxy groups -OCH3 is 1. The maximum absolute atomic E-state index is 12.9. The molecular formula is C19H19N3O3. The summed E-state index contributed by atoms with van der Waals surface area (Å²) in [6.45, 7) is 1.23. The molecule has 0 fully saturated rings. The van der Waals surface area contributed by atoms with Crippen LogP contribution in [0.3, 0.4) is 0 Å². The fourth-order valence-corrected chi connectivity index (χ4v) is 2.49. The highest BCUT2D eigenvalue weighted by atomic mass is 16.5. The second kappa shape index (κ2) is 8.21. The molecule has 0 unspecified atom stereocenters. The summed E-state index contributed by atoms with van der Waals surface area (Å²) in [5.41, 5.74) is 1.95. The smallest absolute Gasteiger partial charge is 0.290 e. The Balaban J connectivity index is 1.82. The lowest BCUT2D eigenvalue weighted by Crippen LogP contribution is -2.30. The number of nitrogens with zero attached hydrogens (tertiary/aromatic N) is 3. The van der Waals surface area contributed by atoms with E-state index < -0.39 is 0 Å². The van der Waals surface area contributed by atoms with Gasteiger partial charge in [0.05, 0.1) is 0 Å². The molecule has 3 aromatic heterocycles. The molecule has 0 saturated heterocycles. The summed E-state index contributed by atoms with van der Waals surface area (Å²) in [5, 5.41) is 0. The van der Waals surface area contributed by atoms with Crippen molar-refractivity contribution in [3.05, 3.63) is 83.8 Å². The van der Waals surface area contributed by atoms with Gasteiger partial charge in [-0.05, 0) is 41.5 Å². The molecule has 0 bridgehead atoms. The van der Waals surface area contributed by atoms with Crippen molar-refractivity contribution in [3.8, 4) is 0 Å². The number of ether oxygens (including phenoxy) is 1. The van der Waals surface area contributed by atoms with Crippen molar-refractivity contribution in [1.82, 2.24) is 14.9 Å². The molecule has 0 aliphatic carbocycles. The van der Waals surface area contributed by atoms with E-state index in [0.29, 0.717) is 31.2 Å². The van der Waals surface area contributed by atoms with Crippen molar-refractivity contribution >= 4 is 5.91 Å². The number of pyridine rings is 2. The van der Waals surface area contributed by atoms with Crippen molar-refractivity contribution in [1.29, 1.82) is 0 Å². The van der Waals surface area contributed by atoms with Gasteiger partial charge >= 0.3 is 0 Å². The average Bonchev–Trinajstić information content (AvgIpc) is 3.11. The van der Waals surface area contributed by atoms with E-state index in [-0.39, 0.29) is 5.91 Å². The molecule has 0 saturated carbocycles. The van der Waals surface area contributed by atoms with E-state index in [1.54, 1.807) is 48.9 Å². The fraction of sp³-hybridized carbons (Fsp3) is 0.211. The van der Waals surface area contributed by atoms with Crippen LogP contribution in [0.4, 0.5) is 0 Å². The van der Waals surface area contributed by atoms with E-state index in [9.17, 15) is 4.79 Å². The van der Waals surface area contributed by atoms with Crippen LogP contribution >= 0.6 is 0 Å². The van der Waals surface area contributed by atoms with E-state index in [1.165, 1.54) is 0 Å². The highest BCUT2D eigenvalue weighted by molar-refractivity contribution is 5.91. The Morgan fingerprint density at radius 3 is 2.56 bits per heavy atom. The van der Waals surface area contributed by atoms with Crippen molar-refractivity contribution in [2.45, 2.75) is 19.7 Å². The van der Waals surface area contributed by atoms with E-state index in [1.807, 2.05) is 24.3 Å². The first-order valence-corrected chi connectivity index (χ1v) is 7.91. The second-order valence-electron chi connectivity index (χ2n) is 5.58. The molecule has 6 heteroatoms. The number of hydrogen-bond acceptors (Lipinski definition) is 5. The van der Waals surface area contributed by atoms with Crippen LogP contribution in [0.1, 0.15) is 27.4 Å². The molecular weight excluding hydrogens is 318 g/mol. The standard InChI is InChI=1S/C19H19N3O3/c1-24-14-17-4-5-18(25-17)19(23)22(12-15-6-9-20-10-7-15)13-16-3-2-8-21-11-16/h2-11H,12-14H2,1H3. The highest BCUT2D eigenvalue weighted by Crippen LogP contribution is 2.16. The molecule has 3 heterocycles. The lowest BCUT2D eigenvalue weighted by atomic mass is 10.2. The first kappa shape index (κ1) is 16.9. The van der Waals surface area contributed by atoms with Crippen LogP contribution in [0.15, 0.2) is 65.6 Å². The van der Waals surface area contributed by atoms with Crippen LogP contribution in [0.5, 0.6) is 0 Å². The van der Waals surface area contributed by atoms with Crippen LogP contribution in [0, 0.1) is 0 Å². The van der Waals surface area contributed by atoms with Crippen molar-refractivity contribution < 1.29 is 13.9 Å². The molecule has 0 N–H and O–H groups in total. The van der Waals surface area contributed by atoms with Gasteiger partial charge < -0.3 is 14.1 Å². The predicted octanol–water partition coefficient (Wildman–Crippen LogP) is 3.06. The van der Waals surface area contributed by atoms with Gasteiger partial charge in [0, 0.05) is 45.0 Å². The highest BCUT2D eigenvalue weighted by Gasteiger charge is 2.20. The molecule has 3 aromatic rings. The zero-order chi connectivity index (χ0) is 17.5. The topological polar surface area (TPSA) is 68.5 Å². The van der Waals surface area contributed by atoms with Gasteiger partial charge in [0.15, 0.2) is 5.76 Å². The van der Waals surface area contributed by atoms with E-state index in [2.05, 4.69) is 9.97 Å². The second-order valence-corrected chi connectivity index (χ2v) is 5.58. The van der Waals surface area contributed by atoms with E-state index in [0.717, 1.165) is 11.1 Å². The largest absolute Gasteiger partial charge is 0.453 e. The Kier molecular flexibility index (Phi) is 5.53. The molecule has 0 radical (unpaired) electrons. The van der Waals surface area contributed by atoms with Gasteiger partial charge in [-0.1, -0.05) is 6.07 Å². The van der Waals surface area contributed by atoms with Crippen molar-refractivity contribution in [2.75, 3.05) is 7.11 Å². The number of carbonyl (C=O) groups excluding carboxylic acids is 1. The number of aromatic nitrogens is 2. The molecule has 25 heavy (non-hydrogen) atoms. The minimum Gasteiger partial charge on any atom is -0.453 e. The quantitative estimate of drug-likeness (QED) is 0.663. The third-order valence-electron chi connectivity index (χ3n) is 3.67. The summed E-state index contributed by atoms with van der Waals surface area (Å²) >= 11 is 0. The van der Waals surface area contributed by atoms with Gasteiger partial charge in [-0.2, -0.15) is 0 Å². The fourth-order valence-electron chi connectivity index (χ4n) is 2.49. The lowest BCUT2D eigenvalue weighted by Gasteiger charge is -2.22. The molecule has 0 spiro atoms. The summed E-state index contributed by atoms with van der Waals surface area (Å²) < 4.78 is 10.6. The molecule has 3 rings (SSSR count). The van der Waals surface area contributed by atoms with Gasteiger partial charge in [0.1, 0.15) is 12.4 Å². The number of carbonyl (C=O) groups is 1. The number of amides is 1. The zero-order valence-corrected chi connectivity index (χ0v) is 14.0. The number of rotatable bonds is 7. The van der Waals surface area contributed by atoms with Crippen LogP contribution < -0.4 is 0 Å². The average molecular weight is 337 g/mol. The normalized spacial score (nSPS) is 10.6. The van der Waals surface area contributed by atoms with E-state index >= 15 is 0 Å². The SMILES string of the molecule is COCc1ccc(C(=O)N(Cc2ccncc2)Cc2cccnc2)o1. The third kappa shape index (κ3) is 4.51. The molecule has 128 valence electrons. The number of hydrogen-bond donors (Lipinski definition) is 0. The minimum absolute atomic E-state index is 0.178. The third-order valence-corrected chi connectivity index (χ3v) is 3.67. The Labute approximate surface area is 146 Å². The molecule has 0 atom stereocenters. The Hall–Kier alpha value is -2.99. The lowest BCUT2D eigenvalue weighted by molar-refractivity contribution is 0.0690. The molecule has 0 aliphatic heterocycles. The molecule has 0 aromatic carbocycles. The first-order chi connectivity index (χ1) is 12.3. The van der Waals surface area contributed by atoms with Crippen LogP contribution in [0.25, 0.3) is 0 Å². The maximum atomic E-state index is 12.9. The summed E-state index contributed by atoms with van der Waals surface area (Å²) in [4.78, 5) is 22.8.